The molecule has 0 aliphatic heterocycles. The van der Waals surface area contributed by atoms with Crippen LogP contribution < -0.4 is 5.32 Å². The molecule has 0 aromatic carbocycles. The highest BCUT2D eigenvalue weighted by atomic mass is 16.4. The second-order valence-electron chi connectivity index (χ2n) is 6.64. The molecule has 1 amide bonds. The molecule has 0 aromatic heterocycles. The van der Waals surface area contributed by atoms with Crippen LogP contribution in [0.2, 0.25) is 0 Å². The third-order valence-electron chi connectivity index (χ3n) is 5.45. The van der Waals surface area contributed by atoms with Gasteiger partial charge in [0.25, 0.3) is 0 Å². The van der Waals surface area contributed by atoms with E-state index in [0.29, 0.717) is 12.0 Å². The molecule has 4 fully saturated rings. The molecule has 4 aliphatic carbocycles. The fourth-order valence-corrected chi connectivity index (χ4v) is 5.03. The summed E-state index contributed by atoms with van der Waals surface area (Å²) in [5, 5.41) is 11.3. The molecule has 3 heteroatoms. The lowest BCUT2D eigenvalue weighted by Gasteiger charge is -2.59. The molecule has 0 heterocycles. The quantitative estimate of drug-likeness (QED) is 0.791. The van der Waals surface area contributed by atoms with Crippen LogP contribution in [0.1, 0.15) is 45.4 Å². The van der Waals surface area contributed by atoms with Crippen molar-refractivity contribution < 1.29 is 9.90 Å². The van der Waals surface area contributed by atoms with Gasteiger partial charge in [0.1, 0.15) is 0 Å². The smallest absolute Gasteiger partial charge is 0.404 e. The van der Waals surface area contributed by atoms with Crippen molar-refractivity contribution in [2.45, 2.75) is 45.4 Å². The molecule has 4 aliphatic rings. The highest BCUT2D eigenvalue weighted by Gasteiger charge is 2.53. The Hall–Kier alpha value is -0.730. The standard InChI is InChI=1S/C14H22NO2/c1-9(8-15-13(16)17)14-5-10-2-11(6-14)4-12(3-10)7-14/h10-12,15H,2-8H2,1H3,(H,16,17). The van der Waals surface area contributed by atoms with Gasteiger partial charge in [0, 0.05) is 6.54 Å². The summed E-state index contributed by atoms with van der Waals surface area (Å²) < 4.78 is 0. The predicted molar refractivity (Wildman–Crippen MR) is 65.5 cm³/mol. The van der Waals surface area contributed by atoms with Crippen LogP contribution in [-0.2, 0) is 0 Å². The maximum Gasteiger partial charge on any atom is 0.404 e. The third-order valence-corrected chi connectivity index (χ3v) is 5.45. The highest BCUT2D eigenvalue weighted by molar-refractivity contribution is 5.64. The average molecular weight is 236 g/mol. The molecular weight excluding hydrogens is 214 g/mol. The Kier molecular flexibility index (Phi) is 2.60. The van der Waals surface area contributed by atoms with E-state index in [4.69, 9.17) is 5.11 Å². The zero-order chi connectivity index (χ0) is 12.0. The van der Waals surface area contributed by atoms with Crippen molar-refractivity contribution in [3.05, 3.63) is 5.92 Å². The summed E-state index contributed by atoms with van der Waals surface area (Å²) in [6, 6.07) is 0. The number of carbonyl (C=O) groups is 1. The molecule has 4 rings (SSSR count). The van der Waals surface area contributed by atoms with E-state index in [1.165, 1.54) is 44.4 Å². The van der Waals surface area contributed by atoms with Crippen LogP contribution in [-0.4, -0.2) is 17.7 Å². The molecule has 3 nitrogen and oxygen atoms in total. The summed E-state index contributed by atoms with van der Waals surface area (Å²) in [6.07, 6.45) is 7.41. The van der Waals surface area contributed by atoms with Gasteiger partial charge in [0.15, 0.2) is 0 Å². The maximum atomic E-state index is 10.6. The van der Waals surface area contributed by atoms with Gasteiger partial charge in [0.05, 0.1) is 0 Å². The van der Waals surface area contributed by atoms with Crippen molar-refractivity contribution in [3.8, 4) is 0 Å². The minimum atomic E-state index is -0.894. The van der Waals surface area contributed by atoms with Gasteiger partial charge in [-0.1, -0.05) is 6.92 Å². The first-order valence-electron chi connectivity index (χ1n) is 6.87. The highest BCUT2D eigenvalue weighted by Crippen LogP contribution is 2.63. The Balaban J connectivity index is 1.70. The summed E-state index contributed by atoms with van der Waals surface area (Å²) in [5.41, 5.74) is 0.386. The summed E-state index contributed by atoms with van der Waals surface area (Å²) in [5.74, 6) is 4.18. The van der Waals surface area contributed by atoms with Crippen molar-refractivity contribution in [2.24, 2.45) is 23.2 Å². The number of hydrogen-bond acceptors (Lipinski definition) is 1. The Labute approximate surface area is 103 Å². The summed E-state index contributed by atoms with van der Waals surface area (Å²) >= 11 is 0. The second-order valence-corrected chi connectivity index (χ2v) is 6.64. The van der Waals surface area contributed by atoms with E-state index >= 15 is 0 Å². The lowest BCUT2D eigenvalue weighted by Crippen LogP contribution is -2.50. The van der Waals surface area contributed by atoms with E-state index in [0.717, 1.165) is 17.8 Å². The summed E-state index contributed by atoms with van der Waals surface area (Å²) in [4.78, 5) is 10.6. The molecule has 0 aromatic rings. The molecule has 0 spiro atoms. The van der Waals surface area contributed by atoms with Gasteiger partial charge in [-0.3, -0.25) is 0 Å². The average Bonchev–Trinajstić information content (AvgIpc) is 2.23. The number of carboxylic acid groups (broad SMARTS) is 1. The Morgan fingerprint density at radius 2 is 1.65 bits per heavy atom. The molecule has 0 unspecified atom stereocenters. The van der Waals surface area contributed by atoms with Crippen LogP contribution in [0.5, 0.6) is 0 Å². The Morgan fingerprint density at radius 3 is 2.06 bits per heavy atom. The van der Waals surface area contributed by atoms with Crippen LogP contribution >= 0.6 is 0 Å². The SMILES string of the molecule is C[C](CNC(=O)O)C12CC3CC(CC(C3)C1)C2. The predicted octanol–water partition coefficient (Wildman–Crippen LogP) is 3.06. The first-order chi connectivity index (χ1) is 8.07. The number of hydrogen-bond donors (Lipinski definition) is 2. The van der Waals surface area contributed by atoms with E-state index in [9.17, 15) is 4.79 Å². The fourth-order valence-electron chi connectivity index (χ4n) is 5.03. The number of rotatable bonds is 3. The third kappa shape index (κ3) is 1.94. The molecule has 2 N–H and O–H groups in total. The van der Waals surface area contributed by atoms with E-state index < -0.39 is 6.09 Å². The number of nitrogens with one attached hydrogen (secondary N) is 1. The molecule has 4 saturated carbocycles. The molecule has 95 valence electrons. The lowest BCUT2D eigenvalue weighted by atomic mass is 9.46. The first kappa shape index (κ1) is 11.4. The largest absolute Gasteiger partial charge is 0.465 e. The number of amides is 1. The molecule has 4 bridgehead atoms. The van der Waals surface area contributed by atoms with Gasteiger partial charge in [-0.15, -0.1) is 0 Å². The van der Waals surface area contributed by atoms with Crippen LogP contribution in [0, 0.1) is 29.1 Å². The molecule has 17 heavy (non-hydrogen) atoms. The van der Waals surface area contributed by atoms with Crippen molar-refractivity contribution in [2.75, 3.05) is 6.54 Å². The van der Waals surface area contributed by atoms with E-state index in [1.54, 1.807) is 0 Å². The lowest BCUT2D eigenvalue weighted by molar-refractivity contribution is -0.0439. The van der Waals surface area contributed by atoms with E-state index in [1.807, 2.05) is 0 Å². The topological polar surface area (TPSA) is 49.3 Å². The van der Waals surface area contributed by atoms with Crippen molar-refractivity contribution >= 4 is 6.09 Å². The Bertz CT molecular complexity index is 291. The molecule has 0 saturated heterocycles. The van der Waals surface area contributed by atoms with Crippen LogP contribution in [0.15, 0.2) is 0 Å². The van der Waals surface area contributed by atoms with Gasteiger partial charge in [-0.2, -0.15) is 0 Å². The zero-order valence-corrected chi connectivity index (χ0v) is 10.5. The maximum absolute atomic E-state index is 10.6. The van der Waals surface area contributed by atoms with Gasteiger partial charge >= 0.3 is 6.09 Å². The summed E-state index contributed by atoms with van der Waals surface area (Å²) in [6.45, 7) is 2.73. The van der Waals surface area contributed by atoms with Gasteiger partial charge in [-0.05, 0) is 67.6 Å². The van der Waals surface area contributed by atoms with Crippen LogP contribution in [0.25, 0.3) is 0 Å². The van der Waals surface area contributed by atoms with Crippen molar-refractivity contribution in [3.63, 3.8) is 0 Å². The molecular formula is C14H22NO2. The second kappa shape index (κ2) is 3.89. The zero-order valence-electron chi connectivity index (χ0n) is 10.5. The van der Waals surface area contributed by atoms with Gasteiger partial charge in [-0.25, -0.2) is 4.79 Å². The van der Waals surface area contributed by atoms with E-state index in [2.05, 4.69) is 12.2 Å². The minimum absolute atomic E-state index is 0.386. The minimum Gasteiger partial charge on any atom is -0.465 e. The molecule has 0 atom stereocenters. The fraction of sp³-hybridized carbons (Fsp3) is 0.857. The molecule has 1 radical (unpaired) electrons. The van der Waals surface area contributed by atoms with Crippen LogP contribution in [0.4, 0.5) is 4.79 Å². The van der Waals surface area contributed by atoms with Crippen molar-refractivity contribution in [1.82, 2.24) is 5.32 Å². The Morgan fingerprint density at radius 1 is 1.18 bits per heavy atom. The van der Waals surface area contributed by atoms with Gasteiger partial charge in [0.2, 0.25) is 0 Å². The van der Waals surface area contributed by atoms with Crippen molar-refractivity contribution in [1.29, 1.82) is 0 Å². The van der Waals surface area contributed by atoms with Crippen LogP contribution in [0.3, 0.4) is 0 Å². The first-order valence-corrected chi connectivity index (χ1v) is 6.87. The van der Waals surface area contributed by atoms with E-state index in [-0.39, 0.29) is 0 Å². The monoisotopic (exact) mass is 236 g/mol. The van der Waals surface area contributed by atoms with Gasteiger partial charge < -0.3 is 10.4 Å². The normalized spacial score (nSPS) is 43.1. The summed E-state index contributed by atoms with van der Waals surface area (Å²) in [7, 11) is 0.